The Balaban J connectivity index is 1.11. The number of carbonyl (C=O) groups is 1. The third kappa shape index (κ3) is 4.82. The lowest BCUT2D eigenvalue weighted by atomic mass is 9.47. The molecule has 4 nitrogen and oxygen atoms in total. The van der Waals surface area contributed by atoms with Gasteiger partial charge >= 0.3 is 5.97 Å². The molecule has 0 spiro atoms. The lowest BCUT2D eigenvalue weighted by Crippen LogP contribution is -2.51. The monoisotopic (exact) mass is 534 g/mol. The minimum absolute atomic E-state index is 0.0322. The lowest BCUT2D eigenvalue weighted by Gasteiger charge is -2.58. The third-order valence-corrected chi connectivity index (χ3v) is 12.1. The molecule has 0 amide bonds. The number of fused-ring (bicyclic) bond motifs is 6. The predicted molar refractivity (Wildman–Crippen MR) is 155 cm³/mol. The number of carbonyl (C=O) groups excluding carboxylic acids is 1. The van der Waals surface area contributed by atoms with Crippen LogP contribution < -0.4 is 9.47 Å². The number of hydrogen-bond acceptors (Lipinski definition) is 4. The zero-order valence-corrected chi connectivity index (χ0v) is 25.0. The summed E-state index contributed by atoms with van der Waals surface area (Å²) in [5.74, 6) is 6.16. The van der Waals surface area contributed by atoms with Gasteiger partial charge in [0.2, 0.25) is 6.79 Å². The van der Waals surface area contributed by atoms with Crippen LogP contribution in [0.2, 0.25) is 0 Å². The zero-order chi connectivity index (χ0) is 27.4. The van der Waals surface area contributed by atoms with Crippen LogP contribution in [0.5, 0.6) is 11.5 Å². The minimum atomic E-state index is -0.246. The second kappa shape index (κ2) is 10.5. The summed E-state index contributed by atoms with van der Waals surface area (Å²) >= 11 is 0. The van der Waals surface area contributed by atoms with Crippen LogP contribution in [0.1, 0.15) is 116 Å². The summed E-state index contributed by atoms with van der Waals surface area (Å²) in [4.78, 5) is 13.0. The number of rotatable bonds is 7. The molecule has 3 fully saturated rings. The molecule has 0 N–H and O–H groups in total. The summed E-state index contributed by atoms with van der Waals surface area (Å²) in [5, 5.41) is 0. The molecule has 4 heteroatoms. The topological polar surface area (TPSA) is 44.8 Å². The second-order valence-corrected chi connectivity index (χ2v) is 14.6. The second-order valence-electron chi connectivity index (χ2n) is 14.6. The van der Waals surface area contributed by atoms with Crippen LogP contribution in [-0.4, -0.2) is 18.9 Å². The summed E-state index contributed by atoms with van der Waals surface area (Å²) in [7, 11) is 0. The van der Waals surface area contributed by atoms with Gasteiger partial charge in [0.15, 0.2) is 11.5 Å². The van der Waals surface area contributed by atoms with Gasteiger partial charge in [-0.2, -0.15) is 0 Å². The Morgan fingerprint density at radius 2 is 1.82 bits per heavy atom. The maximum Gasteiger partial charge on any atom is 0.338 e. The lowest BCUT2D eigenvalue weighted by molar-refractivity contribution is -0.0594. The molecular weight excluding hydrogens is 484 g/mol. The van der Waals surface area contributed by atoms with E-state index < -0.39 is 0 Å². The number of hydrogen-bond donors (Lipinski definition) is 0. The van der Waals surface area contributed by atoms with Crippen molar-refractivity contribution in [2.45, 2.75) is 111 Å². The quantitative estimate of drug-likeness (QED) is 0.259. The van der Waals surface area contributed by atoms with E-state index in [0.29, 0.717) is 22.5 Å². The van der Waals surface area contributed by atoms with E-state index in [0.717, 1.165) is 54.8 Å². The van der Waals surface area contributed by atoms with Gasteiger partial charge in [-0.3, -0.25) is 0 Å². The van der Waals surface area contributed by atoms with Crippen molar-refractivity contribution in [2.75, 3.05) is 6.79 Å². The third-order valence-electron chi connectivity index (χ3n) is 12.1. The van der Waals surface area contributed by atoms with Crippen LogP contribution in [0.3, 0.4) is 0 Å². The average molecular weight is 535 g/mol. The van der Waals surface area contributed by atoms with Crippen LogP contribution >= 0.6 is 0 Å². The molecule has 214 valence electrons. The number of benzene rings is 1. The van der Waals surface area contributed by atoms with Gasteiger partial charge in [0.1, 0.15) is 6.10 Å². The molecule has 1 heterocycles. The van der Waals surface area contributed by atoms with Crippen LogP contribution in [0, 0.1) is 46.3 Å². The Hall–Kier alpha value is -1.97. The Labute approximate surface area is 236 Å². The average Bonchev–Trinajstić information content (AvgIpc) is 3.52. The molecule has 1 aliphatic heterocycles. The molecule has 6 rings (SSSR count). The fraction of sp³-hybridized carbons (Fsp3) is 0.743. The van der Waals surface area contributed by atoms with Crippen LogP contribution in [-0.2, 0) is 4.74 Å². The molecule has 0 unspecified atom stereocenters. The van der Waals surface area contributed by atoms with Crippen molar-refractivity contribution in [3.63, 3.8) is 0 Å². The van der Waals surface area contributed by atoms with E-state index in [9.17, 15) is 4.79 Å². The first-order valence-electron chi connectivity index (χ1n) is 16.0. The molecule has 0 aromatic heterocycles. The van der Waals surface area contributed by atoms with Crippen molar-refractivity contribution in [1.29, 1.82) is 0 Å². The first-order chi connectivity index (χ1) is 18.7. The van der Waals surface area contributed by atoms with Gasteiger partial charge in [0, 0.05) is 6.42 Å². The normalized spacial score (nSPS) is 37.5. The summed E-state index contributed by atoms with van der Waals surface area (Å²) in [6.45, 7) is 12.7. The fourth-order valence-electron chi connectivity index (χ4n) is 10.00. The highest BCUT2D eigenvalue weighted by atomic mass is 16.7. The summed E-state index contributed by atoms with van der Waals surface area (Å²) in [6.07, 6.45) is 16.6. The van der Waals surface area contributed by atoms with Crippen molar-refractivity contribution in [3.8, 4) is 11.5 Å². The van der Waals surface area contributed by atoms with Crippen LogP contribution in [0.4, 0.5) is 0 Å². The summed E-state index contributed by atoms with van der Waals surface area (Å²) in [6, 6.07) is 5.34. The van der Waals surface area contributed by atoms with Crippen LogP contribution in [0.25, 0.3) is 0 Å². The van der Waals surface area contributed by atoms with Crippen molar-refractivity contribution in [1.82, 2.24) is 0 Å². The smallest absolute Gasteiger partial charge is 0.338 e. The molecule has 1 aromatic rings. The van der Waals surface area contributed by atoms with Gasteiger partial charge in [-0.05, 0) is 109 Å². The van der Waals surface area contributed by atoms with Crippen molar-refractivity contribution in [2.24, 2.45) is 46.3 Å². The first kappa shape index (κ1) is 27.2. The van der Waals surface area contributed by atoms with Gasteiger partial charge < -0.3 is 14.2 Å². The van der Waals surface area contributed by atoms with E-state index in [1.807, 2.05) is 0 Å². The van der Waals surface area contributed by atoms with E-state index in [2.05, 4.69) is 40.7 Å². The van der Waals surface area contributed by atoms with Crippen molar-refractivity contribution in [3.05, 3.63) is 35.4 Å². The van der Waals surface area contributed by atoms with Crippen molar-refractivity contribution < 1.29 is 19.0 Å². The molecule has 0 radical (unpaired) electrons. The van der Waals surface area contributed by atoms with Crippen molar-refractivity contribution >= 4 is 5.97 Å². The molecule has 4 aliphatic carbocycles. The van der Waals surface area contributed by atoms with E-state index in [4.69, 9.17) is 14.2 Å². The maximum atomic E-state index is 13.0. The van der Waals surface area contributed by atoms with Crippen LogP contribution in [0.15, 0.2) is 29.8 Å². The van der Waals surface area contributed by atoms with Gasteiger partial charge in [-0.15, -0.1) is 0 Å². The number of allylic oxidation sites excluding steroid dienone is 1. The highest BCUT2D eigenvalue weighted by molar-refractivity contribution is 5.90. The molecule has 0 saturated heterocycles. The molecule has 1 aromatic carbocycles. The SMILES string of the molecule is CC(C)CCC[C@@H](C)[C@H]1CC[C@H]2[C@@H]3CC=C4C[C@@H](OC(=O)c5ccc6c(c5)OCO6)CC[C@]4(C)[C@H]3CC[C@]12C. The molecule has 3 saturated carbocycles. The maximum absolute atomic E-state index is 13.0. The van der Waals surface area contributed by atoms with Gasteiger partial charge in [0.25, 0.3) is 0 Å². The molecule has 0 bridgehead atoms. The Bertz CT molecular complexity index is 1110. The van der Waals surface area contributed by atoms with Gasteiger partial charge in [-0.1, -0.05) is 65.5 Å². The fourth-order valence-corrected chi connectivity index (χ4v) is 10.00. The molecule has 8 atom stereocenters. The van der Waals surface area contributed by atoms with Gasteiger partial charge in [-0.25, -0.2) is 4.79 Å². The Morgan fingerprint density at radius 1 is 1.00 bits per heavy atom. The summed E-state index contributed by atoms with van der Waals surface area (Å²) < 4.78 is 16.9. The predicted octanol–water partition coefficient (Wildman–Crippen LogP) is 8.98. The van der Waals surface area contributed by atoms with E-state index in [-0.39, 0.29) is 24.3 Å². The standard InChI is InChI=1S/C35H50O4/c1-22(2)7-6-8-23(3)28-12-13-29-27-11-10-25-20-26(15-17-34(25,4)30(27)16-18-35(28,29)5)39-33(36)24-9-14-31-32(19-24)38-21-37-31/h9-10,14,19,22-23,26-30H,6-8,11-13,15-18,20-21H2,1-5H3/t23-,26+,27+,28-,29+,30+,34+,35-/m1/s1. The molecule has 5 aliphatic rings. The Kier molecular flexibility index (Phi) is 7.29. The van der Waals surface area contributed by atoms with Gasteiger partial charge in [0.05, 0.1) is 5.56 Å². The first-order valence-corrected chi connectivity index (χ1v) is 16.0. The minimum Gasteiger partial charge on any atom is -0.458 e. The highest BCUT2D eigenvalue weighted by Gasteiger charge is 2.59. The summed E-state index contributed by atoms with van der Waals surface area (Å²) in [5.41, 5.74) is 2.91. The molecule has 39 heavy (non-hydrogen) atoms. The van der Waals surface area contributed by atoms with E-state index >= 15 is 0 Å². The number of ether oxygens (including phenoxy) is 3. The number of esters is 1. The largest absolute Gasteiger partial charge is 0.458 e. The molecular formula is C35H50O4. The van der Waals surface area contributed by atoms with E-state index in [1.54, 1.807) is 23.8 Å². The highest BCUT2D eigenvalue weighted by Crippen LogP contribution is 2.67. The Morgan fingerprint density at radius 3 is 2.64 bits per heavy atom. The zero-order valence-electron chi connectivity index (χ0n) is 25.0. The van der Waals surface area contributed by atoms with E-state index in [1.165, 1.54) is 51.4 Å².